The van der Waals surface area contributed by atoms with Crippen molar-refractivity contribution in [3.63, 3.8) is 0 Å². The van der Waals surface area contributed by atoms with Crippen molar-refractivity contribution in [2.75, 3.05) is 0 Å². The zero-order chi connectivity index (χ0) is 13.1. The third-order valence-electron chi connectivity index (χ3n) is 2.88. The molecule has 1 heterocycles. The minimum atomic E-state index is -0.718. The van der Waals surface area contributed by atoms with Gasteiger partial charge >= 0.3 is 0 Å². The largest absolute Gasteiger partial charge is 0.388 e. The molecule has 2 aromatic rings. The van der Waals surface area contributed by atoms with Crippen molar-refractivity contribution in [2.24, 2.45) is 0 Å². The van der Waals surface area contributed by atoms with Crippen LogP contribution in [0.5, 0.6) is 0 Å². The monoisotopic (exact) mass is 265 g/mol. The van der Waals surface area contributed by atoms with Crippen LogP contribution in [0.2, 0.25) is 5.02 Å². The van der Waals surface area contributed by atoms with E-state index in [-0.39, 0.29) is 5.82 Å². The summed E-state index contributed by atoms with van der Waals surface area (Å²) >= 11 is 5.97. The van der Waals surface area contributed by atoms with E-state index >= 15 is 0 Å². The molecule has 0 aliphatic heterocycles. The Balaban J connectivity index is 2.21. The molecule has 18 heavy (non-hydrogen) atoms. The first-order valence-electron chi connectivity index (χ1n) is 5.60. The van der Waals surface area contributed by atoms with Gasteiger partial charge in [-0.25, -0.2) is 4.39 Å². The van der Waals surface area contributed by atoms with Gasteiger partial charge in [0.2, 0.25) is 0 Å². The summed E-state index contributed by atoms with van der Waals surface area (Å²) in [5, 5.41) is 10.6. The summed E-state index contributed by atoms with van der Waals surface area (Å²) in [6.45, 7) is 1.82. The molecular formula is C14H13ClFNO. The van der Waals surface area contributed by atoms with Crippen molar-refractivity contribution >= 4 is 11.6 Å². The van der Waals surface area contributed by atoms with E-state index in [2.05, 4.69) is 4.98 Å². The molecule has 1 N–H and O–H groups in total. The number of aromatic nitrogens is 1. The van der Waals surface area contributed by atoms with E-state index in [1.54, 1.807) is 18.3 Å². The fourth-order valence-corrected chi connectivity index (χ4v) is 2.11. The lowest BCUT2D eigenvalue weighted by atomic mass is 9.99. The van der Waals surface area contributed by atoms with E-state index < -0.39 is 6.10 Å². The number of halogens is 2. The number of nitrogens with zero attached hydrogens (tertiary/aromatic N) is 1. The van der Waals surface area contributed by atoms with E-state index in [4.69, 9.17) is 11.6 Å². The number of rotatable bonds is 3. The van der Waals surface area contributed by atoms with Gasteiger partial charge in [0.1, 0.15) is 5.82 Å². The SMILES string of the molecule is Cc1cc(F)ccc1CC(O)c1ccncc1Cl. The van der Waals surface area contributed by atoms with Crippen molar-refractivity contribution in [1.82, 2.24) is 4.98 Å². The first kappa shape index (κ1) is 13.0. The quantitative estimate of drug-likeness (QED) is 0.922. The van der Waals surface area contributed by atoms with Crippen LogP contribution in [0.1, 0.15) is 22.8 Å². The lowest BCUT2D eigenvalue weighted by Crippen LogP contribution is -2.04. The van der Waals surface area contributed by atoms with Crippen molar-refractivity contribution in [1.29, 1.82) is 0 Å². The van der Waals surface area contributed by atoms with E-state index in [9.17, 15) is 9.50 Å². The summed E-state index contributed by atoms with van der Waals surface area (Å²) < 4.78 is 13.0. The molecule has 0 amide bonds. The number of hydrogen-bond donors (Lipinski definition) is 1. The summed E-state index contributed by atoms with van der Waals surface area (Å²) in [5.41, 5.74) is 2.35. The highest BCUT2D eigenvalue weighted by atomic mass is 35.5. The second-order valence-corrected chi connectivity index (χ2v) is 4.60. The molecule has 1 aromatic carbocycles. The number of aliphatic hydroxyl groups is 1. The minimum Gasteiger partial charge on any atom is -0.388 e. The van der Waals surface area contributed by atoms with Crippen molar-refractivity contribution in [3.05, 3.63) is 64.2 Å². The molecular weight excluding hydrogens is 253 g/mol. The molecule has 0 bridgehead atoms. The fourth-order valence-electron chi connectivity index (χ4n) is 1.86. The van der Waals surface area contributed by atoms with Crippen LogP contribution in [0.25, 0.3) is 0 Å². The highest BCUT2D eigenvalue weighted by Crippen LogP contribution is 2.25. The summed E-state index contributed by atoms with van der Waals surface area (Å²) in [6, 6.07) is 6.22. The lowest BCUT2D eigenvalue weighted by molar-refractivity contribution is 0.178. The van der Waals surface area contributed by atoms with Gasteiger partial charge in [0, 0.05) is 24.4 Å². The average molecular weight is 266 g/mol. The molecule has 0 saturated heterocycles. The minimum absolute atomic E-state index is 0.271. The van der Waals surface area contributed by atoms with E-state index in [1.165, 1.54) is 18.3 Å². The molecule has 4 heteroatoms. The van der Waals surface area contributed by atoms with Gasteiger partial charge in [-0.05, 0) is 36.2 Å². The fraction of sp³-hybridized carbons (Fsp3) is 0.214. The second-order valence-electron chi connectivity index (χ2n) is 4.19. The van der Waals surface area contributed by atoms with Crippen molar-refractivity contribution in [2.45, 2.75) is 19.4 Å². The van der Waals surface area contributed by atoms with Gasteiger partial charge in [-0.2, -0.15) is 0 Å². The predicted molar refractivity (Wildman–Crippen MR) is 69.0 cm³/mol. The third-order valence-corrected chi connectivity index (χ3v) is 3.20. The first-order valence-corrected chi connectivity index (χ1v) is 5.98. The number of hydrogen-bond acceptors (Lipinski definition) is 2. The maximum absolute atomic E-state index is 13.0. The smallest absolute Gasteiger partial charge is 0.123 e. The average Bonchev–Trinajstić information content (AvgIpc) is 2.33. The third kappa shape index (κ3) is 2.86. The highest BCUT2D eigenvalue weighted by molar-refractivity contribution is 6.31. The van der Waals surface area contributed by atoms with Crippen LogP contribution in [-0.4, -0.2) is 10.1 Å². The van der Waals surface area contributed by atoms with Crippen LogP contribution in [0.15, 0.2) is 36.7 Å². The second kappa shape index (κ2) is 5.46. The van der Waals surface area contributed by atoms with Crippen LogP contribution in [0.3, 0.4) is 0 Å². The van der Waals surface area contributed by atoms with Gasteiger partial charge in [0.05, 0.1) is 11.1 Å². The van der Waals surface area contributed by atoms with Crippen molar-refractivity contribution < 1.29 is 9.50 Å². The normalized spacial score (nSPS) is 12.4. The molecule has 0 aliphatic rings. The zero-order valence-electron chi connectivity index (χ0n) is 9.90. The van der Waals surface area contributed by atoms with Gasteiger partial charge in [-0.15, -0.1) is 0 Å². The lowest BCUT2D eigenvalue weighted by Gasteiger charge is -2.14. The summed E-state index contributed by atoms with van der Waals surface area (Å²) in [6.07, 6.45) is 2.76. The maximum Gasteiger partial charge on any atom is 0.123 e. The maximum atomic E-state index is 13.0. The molecule has 1 unspecified atom stereocenters. The van der Waals surface area contributed by atoms with Gasteiger partial charge < -0.3 is 5.11 Å². The van der Waals surface area contributed by atoms with E-state index in [0.29, 0.717) is 17.0 Å². The van der Waals surface area contributed by atoms with Gasteiger partial charge in [-0.1, -0.05) is 17.7 Å². The molecule has 0 spiro atoms. The Morgan fingerprint density at radius 2 is 2.17 bits per heavy atom. The summed E-state index contributed by atoms with van der Waals surface area (Å²) in [7, 11) is 0. The molecule has 0 aliphatic carbocycles. The van der Waals surface area contributed by atoms with Crippen molar-refractivity contribution in [3.8, 4) is 0 Å². The number of pyridine rings is 1. The molecule has 0 fully saturated rings. The van der Waals surface area contributed by atoms with Gasteiger partial charge in [0.15, 0.2) is 0 Å². The van der Waals surface area contributed by atoms with Gasteiger partial charge in [-0.3, -0.25) is 4.98 Å². The zero-order valence-corrected chi connectivity index (χ0v) is 10.7. The molecule has 1 aromatic heterocycles. The number of aliphatic hydroxyl groups excluding tert-OH is 1. The Bertz CT molecular complexity index is 559. The molecule has 2 nitrogen and oxygen atoms in total. The molecule has 1 atom stereocenters. The van der Waals surface area contributed by atoms with E-state index in [1.807, 2.05) is 6.92 Å². The van der Waals surface area contributed by atoms with Crippen LogP contribution in [0.4, 0.5) is 4.39 Å². The Morgan fingerprint density at radius 1 is 1.39 bits per heavy atom. The topological polar surface area (TPSA) is 33.1 Å². The standard InChI is InChI=1S/C14H13ClFNO/c1-9-6-11(16)3-2-10(9)7-14(18)12-4-5-17-8-13(12)15/h2-6,8,14,18H,7H2,1H3. The summed E-state index contributed by atoms with van der Waals surface area (Å²) in [5.74, 6) is -0.271. The van der Waals surface area contributed by atoms with E-state index in [0.717, 1.165) is 11.1 Å². The van der Waals surface area contributed by atoms with Crippen LogP contribution < -0.4 is 0 Å². The van der Waals surface area contributed by atoms with Gasteiger partial charge in [0.25, 0.3) is 0 Å². The predicted octanol–water partition coefficient (Wildman–Crippen LogP) is 3.46. The Kier molecular flexibility index (Phi) is 3.94. The highest BCUT2D eigenvalue weighted by Gasteiger charge is 2.13. The number of benzene rings is 1. The molecule has 94 valence electrons. The molecule has 0 radical (unpaired) electrons. The molecule has 0 saturated carbocycles. The summed E-state index contributed by atoms with van der Waals surface area (Å²) in [4.78, 5) is 3.87. The van der Waals surface area contributed by atoms with Crippen LogP contribution >= 0.6 is 11.6 Å². The Hall–Kier alpha value is -1.45. The Morgan fingerprint density at radius 3 is 2.83 bits per heavy atom. The first-order chi connectivity index (χ1) is 8.58. The molecule has 2 rings (SSSR count). The Labute approximate surface area is 110 Å². The van der Waals surface area contributed by atoms with Crippen LogP contribution in [-0.2, 0) is 6.42 Å². The van der Waals surface area contributed by atoms with Crippen LogP contribution in [0, 0.1) is 12.7 Å². The number of aryl methyl sites for hydroxylation is 1.